The highest BCUT2D eigenvalue weighted by atomic mass is 127. The lowest BCUT2D eigenvalue weighted by Gasteiger charge is -2.32. The Morgan fingerprint density at radius 1 is 1.24 bits per heavy atom. The van der Waals surface area contributed by atoms with Crippen molar-refractivity contribution in [1.82, 2.24) is 15.1 Å². The van der Waals surface area contributed by atoms with Gasteiger partial charge < -0.3 is 19.7 Å². The second kappa shape index (κ2) is 12.6. The van der Waals surface area contributed by atoms with Gasteiger partial charge in [-0.3, -0.25) is 9.89 Å². The lowest BCUT2D eigenvalue weighted by molar-refractivity contribution is 0.0195. The van der Waals surface area contributed by atoms with Crippen molar-refractivity contribution in [2.75, 3.05) is 53.0 Å². The number of guanidine groups is 1. The summed E-state index contributed by atoms with van der Waals surface area (Å²) in [5, 5.41) is 3.54. The fourth-order valence-electron chi connectivity index (χ4n) is 3.88. The number of hydrogen-bond acceptors (Lipinski definition) is 4. The van der Waals surface area contributed by atoms with Crippen LogP contribution in [0.3, 0.4) is 0 Å². The number of ether oxygens (including phenoxy) is 2. The maximum Gasteiger partial charge on any atom is 0.193 e. The van der Waals surface area contributed by atoms with Crippen LogP contribution in [-0.2, 0) is 11.3 Å². The molecule has 2 heterocycles. The molecule has 2 aliphatic heterocycles. The summed E-state index contributed by atoms with van der Waals surface area (Å²) in [6.07, 6.45) is 2.26. The van der Waals surface area contributed by atoms with E-state index in [0.717, 1.165) is 70.7 Å². The third kappa shape index (κ3) is 7.29. The van der Waals surface area contributed by atoms with Gasteiger partial charge in [-0.25, -0.2) is 0 Å². The van der Waals surface area contributed by atoms with Crippen molar-refractivity contribution in [3.8, 4) is 5.75 Å². The third-order valence-corrected chi connectivity index (χ3v) is 5.60. The third-order valence-electron chi connectivity index (χ3n) is 5.60. The Morgan fingerprint density at radius 2 is 2.00 bits per heavy atom. The van der Waals surface area contributed by atoms with E-state index in [1.807, 2.05) is 13.1 Å². The highest BCUT2D eigenvalue weighted by Crippen LogP contribution is 2.20. The zero-order chi connectivity index (χ0) is 19.8. The van der Waals surface area contributed by atoms with Crippen molar-refractivity contribution in [2.24, 2.45) is 10.9 Å². The molecule has 1 aromatic rings. The van der Waals surface area contributed by atoms with E-state index in [1.54, 1.807) is 0 Å². The molecular weight excluding hydrogens is 479 g/mol. The molecule has 0 saturated carbocycles. The molecule has 1 aromatic carbocycles. The van der Waals surface area contributed by atoms with Crippen LogP contribution in [0.2, 0.25) is 0 Å². The molecular formula is C22H37IN4O2. The van der Waals surface area contributed by atoms with Crippen LogP contribution >= 0.6 is 24.0 Å². The number of likely N-dealkylation sites (tertiary alicyclic amines) is 1. The van der Waals surface area contributed by atoms with Crippen LogP contribution in [0.4, 0.5) is 0 Å². The topological polar surface area (TPSA) is 49.3 Å². The molecule has 0 aliphatic carbocycles. The fraction of sp³-hybridized carbons (Fsp3) is 0.682. The first-order valence-corrected chi connectivity index (χ1v) is 10.7. The van der Waals surface area contributed by atoms with Crippen molar-refractivity contribution in [3.63, 3.8) is 0 Å². The van der Waals surface area contributed by atoms with E-state index < -0.39 is 0 Å². The molecule has 29 heavy (non-hydrogen) atoms. The largest absolute Gasteiger partial charge is 0.493 e. The standard InChI is InChI=1S/C22H36N4O2.HI/c1-18(2)9-13-28-21-7-5-4-6-19(21)16-24-22(23-3)26-10-8-20(17-26)25-11-14-27-15-12-25;/h4-7,18,20H,8-17H2,1-3H3,(H,23,24);1H. The van der Waals surface area contributed by atoms with Gasteiger partial charge in [0, 0.05) is 51.4 Å². The summed E-state index contributed by atoms with van der Waals surface area (Å²) in [6.45, 7) is 11.8. The molecule has 2 aliphatic rings. The average molecular weight is 516 g/mol. The van der Waals surface area contributed by atoms with Crippen LogP contribution in [0.25, 0.3) is 0 Å². The first-order valence-electron chi connectivity index (χ1n) is 10.7. The van der Waals surface area contributed by atoms with Gasteiger partial charge in [0.15, 0.2) is 5.96 Å². The molecule has 0 bridgehead atoms. The minimum absolute atomic E-state index is 0. The van der Waals surface area contributed by atoms with Crippen LogP contribution in [0.1, 0.15) is 32.3 Å². The predicted molar refractivity (Wildman–Crippen MR) is 129 cm³/mol. The maximum atomic E-state index is 6.02. The van der Waals surface area contributed by atoms with Gasteiger partial charge in [-0.2, -0.15) is 0 Å². The van der Waals surface area contributed by atoms with Gasteiger partial charge >= 0.3 is 0 Å². The molecule has 0 aromatic heterocycles. The molecule has 2 fully saturated rings. The molecule has 0 radical (unpaired) electrons. The van der Waals surface area contributed by atoms with Crippen molar-refractivity contribution in [2.45, 2.75) is 39.3 Å². The summed E-state index contributed by atoms with van der Waals surface area (Å²) >= 11 is 0. The minimum atomic E-state index is 0. The second-order valence-corrected chi connectivity index (χ2v) is 8.08. The fourth-order valence-corrected chi connectivity index (χ4v) is 3.88. The zero-order valence-corrected chi connectivity index (χ0v) is 20.4. The lowest BCUT2D eigenvalue weighted by atomic mass is 10.1. The van der Waals surface area contributed by atoms with E-state index >= 15 is 0 Å². The SMILES string of the molecule is CN=C(NCc1ccccc1OCCC(C)C)N1CCC(N2CCOCC2)C1.I. The number of rotatable bonds is 7. The quantitative estimate of drug-likeness (QED) is 0.343. The lowest BCUT2D eigenvalue weighted by Crippen LogP contribution is -2.46. The molecule has 2 saturated heterocycles. The normalized spacial score (nSPS) is 20.6. The molecule has 6 nitrogen and oxygen atoms in total. The molecule has 164 valence electrons. The van der Waals surface area contributed by atoms with Gasteiger partial charge in [-0.05, 0) is 24.8 Å². The number of halogens is 1. The van der Waals surface area contributed by atoms with E-state index in [4.69, 9.17) is 9.47 Å². The van der Waals surface area contributed by atoms with Crippen LogP contribution in [0.15, 0.2) is 29.3 Å². The Balaban J connectivity index is 0.00000300. The second-order valence-electron chi connectivity index (χ2n) is 8.08. The summed E-state index contributed by atoms with van der Waals surface area (Å²) in [4.78, 5) is 9.47. The van der Waals surface area contributed by atoms with Gasteiger partial charge in [-0.15, -0.1) is 24.0 Å². The van der Waals surface area contributed by atoms with Crippen LogP contribution in [0, 0.1) is 5.92 Å². The number of nitrogens with zero attached hydrogens (tertiary/aromatic N) is 3. The molecule has 1 N–H and O–H groups in total. The molecule has 1 unspecified atom stereocenters. The Morgan fingerprint density at radius 3 is 2.72 bits per heavy atom. The van der Waals surface area contributed by atoms with Gasteiger partial charge in [0.25, 0.3) is 0 Å². The summed E-state index contributed by atoms with van der Waals surface area (Å²) in [5.41, 5.74) is 1.18. The van der Waals surface area contributed by atoms with Crippen molar-refractivity contribution < 1.29 is 9.47 Å². The summed E-state index contributed by atoms with van der Waals surface area (Å²) in [5.74, 6) is 2.60. The van der Waals surface area contributed by atoms with Crippen molar-refractivity contribution in [3.05, 3.63) is 29.8 Å². The van der Waals surface area contributed by atoms with Gasteiger partial charge in [0.05, 0.1) is 19.8 Å². The van der Waals surface area contributed by atoms with Gasteiger partial charge in [0.1, 0.15) is 5.75 Å². The van der Waals surface area contributed by atoms with E-state index in [0.29, 0.717) is 12.0 Å². The van der Waals surface area contributed by atoms with Gasteiger partial charge in [0.2, 0.25) is 0 Å². The van der Waals surface area contributed by atoms with Gasteiger partial charge in [-0.1, -0.05) is 32.0 Å². The molecule has 1 atom stereocenters. The van der Waals surface area contributed by atoms with E-state index in [-0.39, 0.29) is 24.0 Å². The zero-order valence-electron chi connectivity index (χ0n) is 18.1. The predicted octanol–water partition coefficient (Wildman–Crippen LogP) is 3.21. The van der Waals surface area contributed by atoms with E-state index in [2.05, 4.69) is 52.2 Å². The van der Waals surface area contributed by atoms with E-state index in [1.165, 1.54) is 12.0 Å². The van der Waals surface area contributed by atoms with Crippen molar-refractivity contribution >= 4 is 29.9 Å². The highest BCUT2D eigenvalue weighted by molar-refractivity contribution is 14.0. The molecule has 3 rings (SSSR count). The Labute approximate surface area is 193 Å². The van der Waals surface area contributed by atoms with Crippen LogP contribution in [-0.4, -0.2) is 74.8 Å². The number of nitrogens with one attached hydrogen (secondary N) is 1. The summed E-state index contributed by atoms with van der Waals surface area (Å²) in [7, 11) is 1.87. The van der Waals surface area contributed by atoms with Crippen molar-refractivity contribution in [1.29, 1.82) is 0 Å². The average Bonchev–Trinajstić information content (AvgIpc) is 3.20. The first kappa shape index (κ1) is 24.2. The maximum absolute atomic E-state index is 6.02. The van der Waals surface area contributed by atoms with Crippen LogP contribution < -0.4 is 10.1 Å². The van der Waals surface area contributed by atoms with E-state index in [9.17, 15) is 0 Å². The summed E-state index contributed by atoms with van der Waals surface area (Å²) < 4.78 is 11.5. The monoisotopic (exact) mass is 516 g/mol. The number of morpholine rings is 1. The molecule has 7 heteroatoms. The Bertz CT molecular complexity index is 635. The first-order chi connectivity index (χ1) is 13.7. The van der Waals surface area contributed by atoms with Crippen LogP contribution in [0.5, 0.6) is 5.75 Å². The number of aliphatic imine (C=N–C) groups is 1. The minimum Gasteiger partial charge on any atom is -0.493 e. The molecule has 0 amide bonds. The highest BCUT2D eigenvalue weighted by Gasteiger charge is 2.30. The smallest absolute Gasteiger partial charge is 0.193 e. The Kier molecular flexibility index (Phi) is 10.5. The molecule has 0 spiro atoms. The number of benzene rings is 1. The number of para-hydroxylation sites is 1. The number of hydrogen-bond donors (Lipinski definition) is 1. The Hall–Kier alpha value is -1.06. The summed E-state index contributed by atoms with van der Waals surface area (Å²) in [6, 6.07) is 8.90.